The molecule has 1 aromatic rings. The van der Waals surface area contributed by atoms with Crippen LogP contribution in [0.2, 0.25) is 0 Å². The van der Waals surface area contributed by atoms with Gasteiger partial charge in [-0.15, -0.1) is 0 Å². The van der Waals surface area contributed by atoms with Crippen molar-refractivity contribution in [1.29, 1.82) is 0 Å². The smallest absolute Gasteiger partial charge is 0.433 e. The number of phenolic OH excluding ortho intramolecular Hbond substituents is 1. The predicted molar refractivity (Wildman–Crippen MR) is 54.6 cm³/mol. The highest BCUT2D eigenvalue weighted by molar-refractivity contribution is 6.06. The van der Waals surface area contributed by atoms with E-state index in [1.54, 1.807) is 0 Å². The van der Waals surface area contributed by atoms with Crippen LogP contribution in [-0.2, 0) is 0 Å². The predicted octanol–water partition coefficient (Wildman–Crippen LogP) is 1.70. The number of alkyl halides is 3. The molecule has 0 unspecified atom stereocenters. The van der Waals surface area contributed by atoms with E-state index in [2.05, 4.69) is 4.99 Å². The van der Waals surface area contributed by atoms with Crippen molar-refractivity contribution in [3.8, 4) is 5.75 Å². The molecule has 88 valence electrons. The van der Waals surface area contributed by atoms with Gasteiger partial charge in [0.15, 0.2) is 0 Å². The van der Waals surface area contributed by atoms with Crippen LogP contribution in [0, 0.1) is 0 Å². The summed E-state index contributed by atoms with van der Waals surface area (Å²) in [4.78, 5) is 3.35. The summed E-state index contributed by atoms with van der Waals surface area (Å²) < 4.78 is 37.9. The van der Waals surface area contributed by atoms with E-state index in [1.807, 2.05) is 0 Å². The number of nitrogens with zero attached hydrogens (tertiary/aromatic N) is 1. The van der Waals surface area contributed by atoms with Gasteiger partial charge in [0.25, 0.3) is 0 Å². The van der Waals surface area contributed by atoms with E-state index in [1.165, 1.54) is 18.2 Å². The maximum Gasteiger partial charge on any atom is 0.433 e. The number of benzene rings is 1. The molecule has 3 nitrogen and oxygen atoms in total. The van der Waals surface area contributed by atoms with Crippen molar-refractivity contribution in [2.45, 2.75) is 6.18 Å². The molecule has 0 aliphatic heterocycles. The third-order valence-corrected chi connectivity index (χ3v) is 1.83. The van der Waals surface area contributed by atoms with E-state index in [9.17, 15) is 18.3 Å². The van der Waals surface area contributed by atoms with E-state index in [0.29, 0.717) is 0 Å². The lowest BCUT2D eigenvalue weighted by Gasteiger charge is -2.11. The molecule has 0 aliphatic rings. The Morgan fingerprint density at radius 1 is 1.31 bits per heavy atom. The number of aromatic hydroxyl groups is 1. The van der Waals surface area contributed by atoms with E-state index >= 15 is 0 Å². The molecule has 6 heteroatoms. The minimum absolute atomic E-state index is 0.0210. The van der Waals surface area contributed by atoms with Crippen molar-refractivity contribution >= 4 is 5.71 Å². The molecule has 0 saturated heterocycles. The molecule has 0 fully saturated rings. The number of para-hydroxylation sites is 1. The summed E-state index contributed by atoms with van der Waals surface area (Å²) in [5.74, 6) is -0.449. The van der Waals surface area contributed by atoms with Gasteiger partial charge in [-0.1, -0.05) is 12.1 Å². The summed E-state index contributed by atoms with van der Waals surface area (Å²) in [5, 5.41) is 9.33. The normalized spacial score (nSPS) is 12.9. The van der Waals surface area contributed by atoms with Crippen LogP contribution in [0.4, 0.5) is 13.2 Å². The molecule has 0 amide bonds. The lowest BCUT2D eigenvalue weighted by atomic mass is 10.1. The van der Waals surface area contributed by atoms with Crippen LogP contribution in [0.15, 0.2) is 29.3 Å². The van der Waals surface area contributed by atoms with Gasteiger partial charge < -0.3 is 10.8 Å². The summed E-state index contributed by atoms with van der Waals surface area (Å²) >= 11 is 0. The standard InChI is InChI=1S/C10H11F3N2O/c11-10(12,13)9(15-6-5-14)7-3-1-2-4-8(7)16/h1-4,16H,5-6,14H2. The van der Waals surface area contributed by atoms with Gasteiger partial charge in [0.1, 0.15) is 11.5 Å². The molecule has 0 aromatic heterocycles. The number of hydrogen-bond donors (Lipinski definition) is 2. The Bertz CT molecular complexity index is 388. The zero-order chi connectivity index (χ0) is 12.2. The summed E-state index contributed by atoms with van der Waals surface area (Å²) in [6.07, 6.45) is -4.60. The second kappa shape index (κ2) is 4.98. The van der Waals surface area contributed by atoms with Gasteiger partial charge >= 0.3 is 6.18 Å². The fourth-order valence-corrected chi connectivity index (χ4v) is 1.18. The summed E-state index contributed by atoms with van der Waals surface area (Å²) in [6, 6.07) is 5.19. The molecule has 0 radical (unpaired) electrons. The molecule has 0 spiro atoms. The fraction of sp³-hybridized carbons (Fsp3) is 0.300. The van der Waals surface area contributed by atoms with Gasteiger partial charge in [0.05, 0.1) is 6.54 Å². The van der Waals surface area contributed by atoms with Crippen molar-refractivity contribution < 1.29 is 18.3 Å². The zero-order valence-corrected chi connectivity index (χ0v) is 8.33. The largest absolute Gasteiger partial charge is 0.507 e. The molecule has 0 atom stereocenters. The third-order valence-electron chi connectivity index (χ3n) is 1.83. The average molecular weight is 232 g/mol. The van der Waals surface area contributed by atoms with Gasteiger partial charge in [0.2, 0.25) is 0 Å². The number of aliphatic imine (C=N–C) groups is 1. The molecular formula is C10H11F3N2O. The topological polar surface area (TPSA) is 58.6 Å². The first-order valence-electron chi connectivity index (χ1n) is 4.57. The minimum Gasteiger partial charge on any atom is -0.507 e. The Morgan fingerprint density at radius 2 is 1.94 bits per heavy atom. The number of rotatable bonds is 3. The molecular weight excluding hydrogens is 221 g/mol. The summed E-state index contributed by atoms with van der Waals surface area (Å²) in [5.41, 5.74) is 3.67. The van der Waals surface area contributed by atoms with Gasteiger partial charge in [-0.25, -0.2) is 0 Å². The Balaban J connectivity index is 3.17. The third kappa shape index (κ3) is 2.96. The second-order valence-corrected chi connectivity index (χ2v) is 3.03. The first kappa shape index (κ1) is 12.5. The quantitative estimate of drug-likeness (QED) is 0.779. The monoisotopic (exact) mass is 232 g/mol. The fourth-order valence-electron chi connectivity index (χ4n) is 1.18. The lowest BCUT2D eigenvalue weighted by molar-refractivity contribution is -0.0583. The molecule has 0 aliphatic carbocycles. The maximum absolute atomic E-state index is 12.6. The lowest BCUT2D eigenvalue weighted by Crippen LogP contribution is -2.25. The van der Waals surface area contributed by atoms with Crippen LogP contribution in [0.5, 0.6) is 5.75 Å². The van der Waals surface area contributed by atoms with Gasteiger partial charge in [-0.3, -0.25) is 4.99 Å². The average Bonchev–Trinajstić information content (AvgIpc) is 2.19. The number of phenols is 1. The molecule has 3 N–H and O–H groups in total. The molecule has 1 aromatic carbocycles. The molecule has 16 heavy (non-hydrogen) atoms. The van der Waals surface area contributed by atoms with Crippen molar-refractivity contribution in [3.05, 3.63) is 29.8 Å². The summed E-state index contributed by atoms with van der Waals surface area (Å²) in [6.45, 7) is -0.115. The maximum atomic E-state index is 12.6. The van der Waals surface area contributed by atoms with E-state index in [4.69, 9.17) is 5.73 Å². The second-order valence-electron chi connectivity index (χ2n) is 3.03. The van der Waals surface area contributed by atoms with Crippen molar-refractivity contribution in [3.63, 3.8) is 0 Å². The zero-order valence-electron chi connectivity index (χ0n) is 8.33. The highest BCUT2D eigenvalue weighted by Crippen LogP contribution is 2.27. The number of nitrogens with two attached hydrogens (primary N) is 1. The van der Waals surface area contributed by atoms with Crippen LogP contribution < -0.4 is 5.73 Å². The van der Waals surface area contributed by atoms with Crippen LogP contribution in [0.25, 0.3) is 0 Å². The van der Waals surface area contributed by atoms with E-state index < -0.39 is 17.6 Å². The van der Waals surface area contributed by atoms with Gasteiger partial charge in [0, 0.05) is 12.1 Å². The first-order valence-corrected chi connectivity index (χ1v) is 4.57. The van der Waals surface area contributed by atoms with Crippen molar-refractivity contribution in [2.24, 2.45) is 10.7 Å². The van der Waals surface area contributed by atoms with Gasteiger partial charge in [-0.2, -0.15) is 13.2 Å². The SMILES string of the molecule is NCCN=C(c1ccccc1O)C(F)(F)F. The Labute approximate surface area is 90.4 Å². The van der Waals surface area contributed by atoms with Crippen LogP contribution in [0.1, 0.15) is 5.56 Å². The molecule has 0 bridgehead atoms. The van der Waals surface area contributed by atoms with Crippen LogP contribution in [-0.4, -0.2) is 30.1 Å². The summed E-state index contributed by atoms with van der Waals surface area (Å²) in [7, 11) is 0. The van der Waals surface area contributed by atoms with E-state index in [-0.39, 0.29) is 18.7 Å². The molecule has 1 rings (SSSR count). The van der Waals surface area contributed by atoms with Crippen molar-refractivity contribution in [1.82, 2.24) is 0 Å². The Hall–Kier alpha value is -1.56. The number of halogens is 3. The number of hydrogen-bond acceptors (Lipinski definition) is 3. The van der Waals surface area contributed by atoms with Crippen molar-refractivity contribution in [2.75, 3.05) is 13.1 Å². The van der Waals surface area contributed by atoms with E-state index in [0.717, 1.165) is 6.07 Å². The first-order chi connectivity index (χ1) is 7.46. The Morgan fingerprint density at radius 3 is 2.44 bits per heavy atom. The highest BCUT2D eigenvalue weighted by atomic mass is 19.4. The van der Waals surface area contributed by atoms with Gasteiger partial charge in [-0.05, 0) is 12.1 Å². The molecule has 0 saturated carbocycles. The minimum atomic E-state index is -4.60. The van der Waals surface area contributed by atoms with Crippen LogP contribution in [0.3, 0.4) is 0 Å². The highest BCUT2D eigenvalue weighted by Gasteiger charge is 2.37. The van der Waals surface area contributed by atoms with Crippen LogP contribution >= 0.6 is 0 Å². The Kier molecular flexibility index (Phi) is 3.89. The molecule has 0 heterocycles.